The summed E-state index contributed by atoms with van der Waals surface area (Å²) in [6, 6.07) is 0. The van der Waals surface area contributed by atoms with E-state index in [0.717, 1.165) is 6.08 Å². The van der Waals surface area contributed by atoms with Crippen LogP contribution in [0.1, 0.15) is 6.42 Å². The molecule has 1 rings (SSSR count). The quantitative estimate of drug-likeness (QED) is 0.559. The van der Waals surface area contributed by atoms with Crippen molar-refractivity contribution in [3.63, 3.8) is 0 Å². The maximum Gasteiger partial charge on any atom is 0.413 e. The van der Waals surface area contributed by atoms with Crippen LogP contribution in [0.5, 0.6) is 0 Å². The van der Waals surface area contributed by atoms with E-state index in [9.17, 15) is 13.2 Å². The lowest BCUT2D eigenvalue weighted by molar-refractivity contribution is -0.0931. The molecule has 0 atom stereocenters. The molecule has 0 amide bonds. The summed E-state index contributed by atoms with van der Waals surface area (Å²) in [5.74, 6) is 0. The molecule has 0 aliphatic heterocycles. The Kier molecular flexibility index (Phi) is 2.37. The van der Waals surface area contributed by atoms with Crippen molar-refractivity contribution in [2.75, 3.05) is 0 Å². The number of halogens is 3. The third kappa shape index (κ3) is 1.94. The third-order valence-corrected chi connectivity index (χ3v) is 2.04. The normalized spacial score (nSPS) is 18.8. The zero-order valence-corrected chi connectivity index (χ0v) is 7.04. The first-order valence-corrected chi connectivity index (χ1v) is 3.71. The average Bonchev–Trinajstić information content (AvgIpc) is 1.92. The van der Waals surface area contributed by atoms with Crippen molar-refractivity contribution < 1.29 is 13.2 Å². The zero-order valence-electron chi connectivity index (χ0n) is 6.15. The first-order chi connectivity index (χ1) is 5.41. The Morgan fingerprint density at radius 3 is 2.33 bits per heavy atom. The van der Waals surface area contributed by atoms with Gasteiger partial charge in [-0.1, -0.05) is 12.7 Å². The van der Waals surface area contributed by atoms with Crippen molar-refractivity contribution in [3.8, 4) is 0 Å². The van der Waals surface area contributed by atoms with Crippen molar-refractivity contribution in [1.29, 1.82) is 0 Å². The molecule has 0 fully saturated rings. The summed E-state index contributed by atoms with van der Waals surface area (Å²) in [5.41, 5.74) is -0.154. The minimum Gasteiger partial charge on any atom is -0.166 e. The first kappa shape index (κ1) is 9.45. The van der Waals surface area contributed by atoms with Crippen LogP contribution in [-0.4, -0.2) is 6.18 Å². The van der Waals surface area contributed by atoms with E-state index in [4.69, 9.17) is 0 Å². The molecule has 0 spiro atoms. The van der Waals surface area contributed by atoms with E-state index in [0.29, 0.717) is 10.5 Å². The van der Waals surface area contributed by atoms with E-state index < -0.39 is 11.7 Å². The smallest absolute Gasteiger partial charge is 0.166 e. The molecule has 0 nitrogen and oxygen atoms in total. The van der Waals surface area contributed by atoms with Crippen LogP contribution in [0.25, 0.3) is 0 Å². The summed E-state index contributed by atoms with van der Waals surface area (Å²) in [5, 5.41) is 0. The van der Waals surface area contributed by atoms with Gasteiger partial charge < -0.3 is 0 Å². The molecule has 12 heavy (non-hydrogen) atoms. The van der Waals surface area contributed by atoms with E-state index in [-0.39, 0.29) is 6.42 Å². The Labute approximate surface area is 73.9 Å². The largest absolute Gasteiger partial charge is 0.413 e. The van der Waals surface area contributed by atoms with Gasteiger partial charge in [0.15, 0.2) is 0 Å². The minimum absolute atomic E-state index is 0.154. The van der Waals surface area contributed by atoms with Gasteiger partial charge in [0, 0.05) is 16.9 Å². The number of rotatable bonds is 0. The first-order valence-electron chi connectivity index (χ1n) is 3.26. The Morgan fingerprint density at radius 1 is 1.33 bits per heavy atom. The predicted molar refractivity (Wildman–Crippen MR) is 45.0 cm³/mol. The van der Waals surface area contributed by atoms with E-state index >= 15 is 0 Å². The average molecular weight is 192 g/mol. The summed E-state index contributed by atoms with van der Waals surface area (Å²) in [6.45, 7) is 3.47. The molecule has 4 heteroatoms. The molecular formula is C8H7F3S. The second-order valence-corrected chi connectivity index (χ2v) is 3.00. The molecule has 66 valence electrons. The molecule has 0 N–H and O–H groups in total. The molecular weight excluding hydrogens is 185 g/mol. The van der Waals surface area contributed by atoms with Gasteiger partial charge in [-0.25, -0.2) is 0 Å². The van der Waals surface area contributed by atoms with Gasteiger partial charge in [0.05, 0.1) is 0 Å². The van der Waals surface area contributed by atoms with Crippen LogP contribution < -0.4 is 0 Å². The molecule has 1 aliphatic carbocycles. The molecule has 0 aromatic carbocycles. The monoisotopic (exact) mass is 192 g/mol. The fraction of sp³-hybridized carbons (Fsp3) is 0.250. The van der Waals surface area contributed by atoms with Gasteiger partial charge in [0.2, 0.25) is 0 Å². The molecule has 0 aromatic heterocycles. The van der Waals surface area contributed by atoms with Crippen LogP contribution in [0.3, 0.4) is 0 Å². The molecule has 0 saturated carbocycles. The molecule has 1 aliphatic rings. The Morgan fingerprint density at radius 2 is 1.92 bits per heavy atom. The zero-order chi connectivity index (χ0) is 9.35. The highest BCUT2D eigenvalue weighted by Crippen LogP contribution is 2.35. The minimum atomic E-state index is -4.24. The summed E-state index contributed by atoms with van der Waals surface area (Å²) < 4.78 is 36.2. The number of alkyl halides is 3. The third-order valence-electron chi connectivity index (χ3n) is 1.57. The lowest BCUT2D eigenvalue weighted by Crippen LogP contribution is -2.13. The van der Waals surface area contributed by atoms with Crippen molar-refractivity contribution in [2.45, 2.75) is 12.6 Å². The SMILES string of the molecule is C=C1CC(C(F)(F)F)=CC=C1S. The van der Waals surface area contributed by atoms with Gasteiger partial charge in [0.1, 0.15) is 0 Å². The molecule has 0 bridgehead atoms. The molecule has 0 aromatic rings. The molecule has 0 heterocycles. The highest BCUT2D eigenvalue weighted by atomic mass is 32.1. The Bertz CT molecular complexity index is 271. The number of hydrogen-bond donors (Lipinski definition) is 1. The lowest BCUT2D eigenvalue weighted by Gasteiger charge is -2.16. The number of thiol groups is 1. The van der Waals surface area contributed by atoms with E-state index in [1.54, 1.807) is 0 Å². The van der Waals surface area contributed by atoms with Gasteiger partial charge in [-0.2, -0.15) is 13.2 Å². The van der Waals surface area contributed by atoms with Gasteiger partial charge >= 0.3 is 6.18 Å². The lowest BCUT2D eigenvalue weighted by atomic mass is 10.0. The Balaban J connectivity index is 2.92. The topological polar surface area (TPSA) is 0 Å². The van der Waals surface area contributed by atoms with Gasteiger partial charge in [-0.15, -0.1) is 12.6 Å². The highest BCUT2D eigenvalue weighted by Gasteiger charge is 2.34. The number of hydrogen-bond acceptors (Lipinski definition) is 1. The highest BCUT2D eigenvalue weighted by molar-refractivity contribution is 7.84. The predicted octanol–water partition coefficient (Wildman–Crippen LogP) is 3.25. The van der Waals surface area contributed by atoms with Gasteiger partial charge in [0.25, 0.3) is 0 Å². The summed E-state index contributed by atoms with van der Waals surface area (Å²) >= 11 is 3.94. The van der Waals surface area contributed by atoms with Crippen LogP contribution in [0.15, 0.2) is 34.8 Å². The van der Waals surface area contributed by atoms with Gasteiger partial charge in [-0.05, 0) is 11.6 Å². The molecule has 0 radical (unpaired) electrons. The molecule has 0 unspecified atom stereocenters. The van der Waals surface area contributed by atoms with Crippen LogP contribution in [0.2, 0.25) is 0 Å². The van der Waals surface area contributed by atoms with Crippen molar-refractivity contribution in [1.82, 2.24) is 0 Å². The summed E-state index contributed by atoms with van der Waals surface area (Å²) in [6.07, 6.45) is -2.04. The van der Waals surface area contributed by atoms with E-state index in [2.05, 4.69) is 19.2 Å². The van der Waals surface area contributed by atoms with Crippen LogP contribution in [0.4, 0.5) is 13.2 Å². The van der Waals surface area contributed by atoms with Crippen molar-refractivity contribution in [3.05, 3.63) is 34.8 Å². The van der Waals surface area contributed by atoms with Gasteiger partial charge in [-0.3, -0.25) is 0 Å². The Hall–Kier alpha value is -0.640. The maximum absolute atomic E-state index is 12.1. The van der Waals surface area contributed by atoms with Crippen molar-refractivity contribution >= 4 is 12.6 Å². The maximum atomic E-state index is 12.1. The summed E-state index contributed by atoms with van der Waals surface area (Å²) in [4.78, 5) is 0.517. The standard InChI is InChI=1S/C8H7F3S/c1-5-4-6(8(9,10)11)2-3-7(5)12/h2-3,12H,1,4H2. The van der Waals surface area contributed by atoms with Crippen LogP contribution in [0, 0.1) is 0 Å². The fourth-order valence-electron chi connectivity index (χ4n) is 0.871. The second kappa shape index (κ2) is 3.01. The van der Waals surface area contributed by atoms with Crippen LogP contribution >= 0.6 is 12.6 Å². The summed E-state index contributed by atoms with van der Waals surface area (Å²) in [7, 11) is 0. The van der Waals surface area contributed by atoms with Crippen LogP contribution in [-0.2, 0) is 0 Å². The van der Waals surface area contributed by atoms with Crippen molar-refractivity contribution in [2.24, 2.45) is 0 Å². The van der Waals surface area contributed by atoms with E-state index in [1.165, 1.54) is 6.08 Å². The van der Waals surface area contributed by atoms with E-state index in [1.807, 2.05) is 0 Å². The fourth-order valence-corrected chi connectivity index (χ4v) is 1.03. The number of allylic oxidation sites excluding steroid dienone is 4. The second-order valence-electron chi connectivity index (χ2n) is 2.52. The molecule has 0 saturated heterocycles.